The monoisotopic (exact) mass is 353 g/mol. The number of aryl methyl sites for hydroxylation is 1. The van der Waals surface area contributed by atoms with E-state index in [9.17, 15) is 0 Å². The van der Waals surface area contributed by atoms with Crippen molar-refractivity contribution in [2.45, 2.75) is 57.4 Å². The van der Waals surface area contributed by atoms with Crippen LogP contribution in [0, 0.1) is 0 Å². The second-order valence-electron chi connectivity index (χ2n) is 7.22. The Hall–Kier alpha value is -2.30. The fraction of sp³-hybridized carbons (Fsp3) is 0.524. The van der Waals surface area contributed by atoms with Gasteiger partial charge in [-0.15, -0.1) is 0 Å². The summed E-state index contributed by atoms with van der Waals surface area (Å²) in [5.74, 6) is 3.24. The second kappa shape index (κ2) is 7.52. The summed E-state index contributed by atoms with van der Waals surface area (Å²) in [6.07, 6.45) is 9.75. The Morgan fingerprint density at radius 3 is 2.50 bits per heavy atom. The van der Waals surface area contributed by atoms with Crippen molar-refractivity contribution in [3.63, 3.8) is 0 Å². The zero-order valence-corrected chi connectivity index (χ0v) is 15.7. The molecule has 2 aromatic rings. The number of hydrogen-bond acceptors (Lipinski definition) is 5. The topological polar surface area (TPSA) is 56.3 Å². The largest absolute Gasteiger partial charge is 0.493 e. The molecule has 2 aliphatic rings. The summed E-state index contributed by atoms with van der Waals surface area (Å²) in [5.41, 5.74) is 3.48. The highest BCUT2D eigenvalue weighted by Gasteiger charge is 2.23. The summed E-state index contributed by atoms with van der Waals surface area (Å²) in [6, 6.07) is 6.42. The normalized spacial score (nSPS) is 17.0. The van der Waals surface area contributed by atoms with E-state index in [1.807, 2.05) is 18.2 Å². The van der Waals surface area contributed by atoms with E-state index in [4.69, 9.17) is 19.4 Å². The van der Waals surface area contributed by atoms with Crippen LogP contribution in [0.2, 0.25) is 0 Å². The molecule has 1 aromatic carbocycles. The third-order valence-electron chi connectivity index (χ3n) is 5.52. The molecular weight excluding hydrogens is 326 g/mol. The first kappa shape index (κ1) is 17.1. The summed E-state index contributed by atoms with van der Waals surface area (Å²) >= 11 is 0. The van der Waals surface area contributed by atoms with Gasteiger partial charge in [-0.25, -0.2) is 9.97 Å². The van der Waals surface area contributed by atoms with Crippen molar-refractivity contribution < 1.29 is 9.47 Å². The Balaban J connectivity index is 1.69. The minimum Gasteiger partial charge on any atom is -0.493 e. The molecule has 1 aromatic heterocycles. The Kier molecular flexibility index (Phi) is 4.96. The highest BCUT2D eigenvalue weighted by molar-refractivity contribution is 5.64. The van der Waals surface area contributed by atoms with Crippen molar-refractivity contribution in [2.24, 2.45) is 0 Å². The van der Waals surface area contributed by atoms with Gasteiger partial charge in [-0.05, 0) is 50.3 Å². The summed E-state index contributed by atoms with van der Waals surface area (Å²) < 4.78 is 10.8. The standard InChI is InChI=1S/C21H27N3O2/c1-25-18-12-11-14(13-19(18)26-2)20-23-17-10-6-9-16(17)21(24-20)22-15-7-4-3-5-8-15/h11-13,15H,3-10H2,1-2H3,(H,22,23,24). The Bertz CT molecular complexity index is 785. The van der Waals surface area contributed by atoms with Crippen LogP contribution in [-0.4, -0.2) is 30.2 Å². The molecule has 1 N–H and O–H groups in total. The molecule has 0 saturated heterocycles. The second-order valence-corrected chi connectivity index (χ2v) is 7.22. The van der Waals surface area contributed by atoms with E-state index in [1.54, 1.807) is 14.2 Å². The molecule has 26 heavy (non-hydrogen) atoms. The van der Waals surface area contributed by atoms with Crippen molar-refractivity contribution in [3.05, 3.63) is 29.5 Å². The van der Waals surface area contributed by atoms with Crippen LogP contribution in [-0.2, 0) is 12.8 Å². The molecule has 0 aliphatic heterocycles. The van der Waals surface area contributed by atoms with Crippen molar-refractivity contribution in [2.75, 3.05) is 19.5 Å². The van der Waals surface area contributed by atoms with Crippen LogP contribution in [0.1, 0.15) is 49.8 Å². The number of nitrogens with zero attached hydrogens (tertiary/aromatic N) is 2. The van der Waals surface area contributed by atoms with Crippen LogP contribution in [0.15, 0.2) is 18.2 Å². The highest BCUT2D eigenvalue weighted by atomic mass is 16.5. The molecule has 138 valence electrons. The molecule has 5 nitrogen and oxygen atoms in total. The maximum absolute atomic E-state index is 5.45. The van der Waals surface area contributed by atoms with Gasteiger partial charge in [-0.1, -0.05) is 19.3 Å². The first-order valence-corrected chi connectivity index (χ1v) is 9.67. The number of nitrogens with one attached hydrogen (secondary N) is 1. The van der Waals surface area contributed by atoms with Crippen molar-refractivity contribution in [1.29, 1.82) is 0 Å². The lowest BCUT2D eigenvalue weighted by molar-refractivity contribution is 0.355. The van der Waals surface area contributed by atoms with Crippen LogP contribution in [0.5, 0.6) is 11.5 Å². The number of rotatable bonds is 5. The summed E-state index contributed by atoms with van der Waals surface area (Å²) in [4.78, 5) is 9.78. The molecule has 1 heterocycles. The van der Waals surface area contributed by atoms with E-state index in [2.05, 4.69) is 5.32 Å². The van der Waals surface area contributed by atoms with Gasteiger partial charge >= 0.3 is 0 Å². The molecule has 0 spiro atoms. The maximum Gasteiger partial charge on any atom is 0.161 e. The molecule has 0 atom stereocenters. The smallest absolute Gasteiger partial charge is 0.161 e. The molecule has 0 amide bonds. The molecule has 5 heteroatoms. The van der Waals surface area contributed by atoms with E-state index in [-0.39, 0.29) is 0 Å². The molecule has 1 saturated carbocycles. The van der Waals surface area contributed by atoms with Gasteiger partial charge in [0.2, 0.25) is 0 Å². The molecular formula is C21H27N3O2. The number of fused-ring (bicyclic) bond motifs is 1. The lowest BCUT2D eigenvalue weighted by atomic mass is 9.95. The quantitative estimate of drug-likeness (QED) is 0.864. The predicted octanol–water partition coefficient (Wildman–Crippen LogP) is 4.39. The van der Waals surface area contributed by atoms with Crippen LogP contribution >= 0.6 is 0 Å². The van der Waals surface area contributed by atoms with Gasteiger partial charge in [0.05, 0.1) is 14.2 Å². The average molecular weight is 353 g/mol. The highest BCUT2D eigenvalue weighted by Crippen LogP contribution is 2.34. The summed E-state index contributed by atoms with van der Waals surface area (Å²) in [6.45, 7) is 0. The SMILES string of the molecule is COc1ccc(-c2nc3c(c(NC4CCCCC4)n2)CCC3)cc1OC. The lowest BCUT2D eigenvalue weighted by Gasteiger charge is -2.24. The van der Waals surface area contributed by atoms with Crippen LogP contribution < -0.4 is 14.8 Å². The maximum atomic E-state index is 5.45. The predicted molar refractivity (Wildman–Crippen MR) is 103 cm³/mol. The number of hydrogen-bond donors (Lipinski definition) is 1. The number of anilines is 1. The van der Waals surface area contributed by atoms with Gasteiger partial charge in [0.1, 0.15) is 5.82 Å². The minimum atomic E-state index is 0.543. The fourth-order valence-electron chi connectivity index (χ4n) is 4.10. The first-order chi connectivity index (χ1) is 12.8. The Labute approximate surface area is 155 Å². The van der Waals surface area contributed by atoms with Crippen molar-refractivity contribution >= 4 is 5.82 Å². The van der Waals surface area contributed by atoms with Crippen molar-refractivity contribution in [1.82, 2.24) is 9.97 Å². The van der Waals surface area contributed by atoms with E-state index in [0.29, 0.717) is 11.8 Å². The third kappa shape index (κ3) is 3.35. The number of aromatic nitrogens is 2. The van der Waals surface area contributed by atoms with Gasteiger partial charge in [0, 0.05) is 22.9 Å². The van der Waals surface area contributed by atoms with Crippen LogP contribution in [0.25, 0.3) is 11.4 Å². The fourth-order valence-corrected chi connectivity index (χ4v) is 4.10. The van der Waals surface area contributed by atoms with Gasteiger partial charge in [-0.2, -0.15) is 0 Å². The van der Waals surface area contributed by atoms with Crippen LogP contribution in [0.4, 0.5) is 5.82 Å². The van der Waals surface area contributed by atoms with E-state index < -0.39 is 0 Å². The molecule has 1 fully saturated rings. The molecule has 0 unspecified atom stereocenters. The third-order valence-corrected chi connectivity index (χ3v) is 5.52. The van der Waals surface area contributed by atoms with E-state index in [0.717, 1.165) is 35.8 Å². The summed E-state index contributed by atoms with van der Waals surface area (Å²) in [7, 11) is 3.30. The first-order valence-electron chi connectivity index (χ1n) is 9.67. The molecule has 0 radical (unpaired) electrons. The zero-order chi connectivity index (χ0) is 17.9. The Morgan fingerprint density at radius 1 is 0.923 bits per heavy atom. The molecule has 2 aliphatic carbocycles. The number of methoxy groups -OCH3 is 2. The number of benzene rings is 1. The van der Waals surface area contributed by atoms with Gasteiger partial charge in [-0.3, -0.25) is 0 Å². The van der Waals surface area contributed by atoms with E-state index in [1.165, 1.54) is 49.8 Å². The van der Waals surface area contributed by atoms with Gasteiger partial charge < -0.3 is 14.8 Å². The lowest BCUT2D eigenvalue weighted by Crippen LogP contribution is -2.24. The zero-order valence-electron chi connectivity index (χ0n) is 15.7. The average Bonchev–Trinajstić information content (AvgIpc) is 3.17. The van der Waals surface area contributed by atoms with Gasteiger partial charge in [0.15, 0.2) is 17.3 Å². The van der Waals surface area contributed by atoms with Gasteiger partial charge in [0.25, 0.3) is 0 Å². The molecule has 4 rings (SSSR count). The van der Waals surface area contributed by atoms with Crippen LogP contribution in [0.3, 0.4) is 0 Å². The summed E-state index contributed by atoms with van der Waals surface area (Å²) in [5, 5.41) is 3.74. The minimum absolute atomic E-state index is 0.543. The Morgan fingerprint density at radius 2 is 1.73 bits per heavy atom. The number of ether oxygens (including phenoxy) is 2. The van der Waals surface area contributed by atoms with E-state index >= 15 is 0 Å². The van der Waals surface area contributed by atoms with Crippen molar-refractivity contribution in [3.8, 4) is 22.9 Å². The molecule has 0 bridgehead atoms.